The van der Waals surface area contributed by atoms with E-state index < -0.39 is 0 Å². The molecule has 0 aliphatic carbocycles. The van der Waals surface area contributed by atoms with Gasteiger partial charge in [-0.1, -0.05) is 41.9 Å². The van der Waals surface area contributed by atoms with Crippen molar-refractivity contribution in [1.29, 1.82) is 0 Å². The Morgan fingerprint density at radius 1 is 1.32 bits per heavy atom. The smallest absolute Gasteiger partial charge is 0.181 e. The van der Waals surface area contributed by atoms with Gasteiger partial charge in [-0.2, -0.15) is 0 Å². The molecule has 0 spiro atoms. The minimum Gasteiger partial charge on any atom is -0.496 e. The maximum Gasteiger partial charge on any atom is 0.181 e. The van der Waals surface area contributed by atoms with Gasteiger partial charge in [0, 0.05) is 26.0 Å². The van der Waals surface area contributed by atoms with E-state index in [-0.39, 0.29) is 6.29 Å². The molecule has 1 heterocycles. The Labute approximate surface area is 162 Å². The predicted octanol–water partition coefficient (Wildman–Crippen LogP) is 5.34. The Hall–Kier alpha value is -1.11. The van der Waals surface area contributed by atoms with E-state index in [1.165, 1.54) is 0 Å². The van der Waals surface area contributed by atoms with Crippen molar-refractivity contribution in [2.24, 2.45) is 0 Å². The summed E-state index contributed by atoms with van der Waals surface area (Å²) in [6, 6.07) is 13.8. The third-order valence-electron chi connectivity index (χ3n) is 3.83. The molecule has 0 N–H and O–H groups in total. The minimum absolute atomic E-state index is 0.0759. The van der Waals surface area contributed by atoms with Crippen molar-refractivity contribution in [3.63, 3.8) is 0 Å². The largest absolute Gasteiger partial charge is 0.496 e. The molecule has 3 rings (SSSR count). The van der Waals surface area contributed by atoms with Gasteiger partial charge in [0.25, 0.3) is 0 Å². The molecule has 132 valence electrons. The molecule has 3 nitrogen and oxygen atoms in total. The molecule has 0 bridgehead atoms. The van der Waals surface area contributed by atoms with Crippen LogP contribution in [0.15, 0.2) is 42.5 Å². The summed E-state index contributed by atoms with van der Waals surface area (Å²) < 4.78 is 16.2. The number of hydrogen-bond donors (Lipinski definition) is 1. The summed E-state index contributed by atoms with van der Waals surface area (Å²) in [6.45, 7) is 1.12. The molecule has 1 saturated heterocycles. The van der Waals surface area contributed by atoms with E-state index in [4.69, 9.17) is 38.4 Å². The number of epoxide rings is 1. The van der Waals surface area contributed by atoms with Gasteiger partial charge in [-0.25, -0.2) is 0 Å². The van der Waals surface area contributed by atoms with Crippen LogP contribution in [0.4, 0.5) is 0 Å². The molecule has 25 heavy (non-hydrogen) atoms. The highest BCUT2D eigenvalue weighted by atomic mass is 35.5. The first-order chi connectivity index (χ1) is 12.1. The minimum atomic E-state index is -0.0759. The zero-order chi connectivity index (χ0) is 17.8. The van der Waals surface area contributed by atoms with Crippen LogP contribution >= 0.6 is 36.0 Å². The summed E-state index contributed by atoms with van der Waals surface area (Å²) in [4.78, 5) is 1.88. The highest BCUT2D eigenvalue weighted by Gasteiger charge is 2.23. The molecular formula is C19H19ClO3S2. The first-order valence-corrected chi connectivity index (χ1v) is 9.81. The van der Waals surface area contributed by atoms with Crippen LogP contribution in [0.1, 0.15) is 16.7 Å². The Balaban J connectivity index is 1.94. The van der Waals surface area contributed by atoms with Gasteiger partial charge < -0.3 is 14.2 Å². The average molecular weight is 395 g/mol. The third-order valence-corrected chi connectivity index (χ3v) is 5.62. The second-order valence-corrected chi connectivity index (χ2v) is 7.13. The van der Waals surface area contributed by atoms with Crippen molar-refractivity contribution in [3.8, 4) is 5.75 Å². The van der Waals surface area contributed by atoms with Gasteiger partial charge in [0.05, 0.1) is 13.7 Å². The Morgan fingerprint density at radius 2 is 2.08 bits per heavy atom. The lowest BCUT2D eigenvalue weighted by molar-refractivity contribution is 0.0376. The summed E-state index contributed by atoms with van der Waals surface area (Å²) in [5.41, 5.74) is 2.92. The van der Waals surface area contributed by atoms with Crippen LogP contribution in [0.3, 0.4) is 0 Å². The van der Waals surface area contributed by atoms with Crippen molar-refractivity contribution in [3.05, 3.63) is 64.2 Å². The quantitative estimate of drug-likeness (QED) is 0.390. The molecule has 0 amide bonds. The topological polar surface area (TPSA) is 31.0 Å². The standard InChI is InChI=1S/C19H19ClO3S2/c1-21-16-9-12(7-8-13(16)10-22-17-11-23-17)18(24)19(25-2)14-5-3-4-6-15(14)20/h3-9,17,24H,10-11H2,1-2H3/b19-18-. The normalized spacial score (nSPS) is 17.2. The molecule has 0 aromatic heterocycles. The Bertz CT molecular complexity index is 788. The molecule has 0 saturated carbocycles. The van der Waals surface area contributed by atoms with E-state index in [2.05, 4.69) is 0 Å². The zero-order valence-electron chi connectivity index (χ0n) is 14.0. The lowest BCUT2D eigenvalue weighted by atomic mass is 10.1. The lowest BCUT2D eigenvalue weighted by Gasteiger charge is -2.14. The molecule has 1 atom stereocenters. The van der Waals surface area contributed by atoms with Crippen molar-refractivity contribution in [1.82, 2.24) is 0 Å². The fraction of sp³-hybridized carbons (Fsp3) is 0.263. The fourth-order valence-corrected chi connectivity index (χ4v) is 3.97. The van der Waals surface area contributed by atoms with Gasteiger partial charge in [0.1, 0.15) is 12.4 Å². The van der Waals surface area contributed by atoms with Gasteiger partial charge in [-0.15, -0.1) is 24.4 Å². The number of thioether (sulfide) groups is 1. The number of ether oxygens (including phenoxy) is 3. The van der Waals surface area contributed by atoms with E-state index >= 15 is 0 Å². The monoisotopic (exact) mass is 394 g/mol. The van der Waals surface area contributed by atoms with E-state index in [0.29, 0.717) is 18.2 Å². The number of hydrogen-bond acceptors (Lipinski definition) is 5. The number of thiol groups is 1. The van der Waals surface area contributed by atoms with E-state index in [9.17, 15) is 0 Å². The van der Waals surface area contributed by atoms with Crippen LogP contribution in [0.25, 0.3) is 9.81 Å². The van der Waals surface area contributed by atoms with Crippen LogP contribution in [0.2, 0.25) is 5.02 Å². The average Bonchev–Trinajstić information content (AvgIpc) is 3.46. The highest BCUT2D eigenvalue weighted by molar-refractivity contribution is 8.09. The predicted molar refractivity (Wildman–Crippen MR) is 108 cm³/mol. The van der Waals surface area contributed by atoms with Crippen LogP contribution in [0, 0.1) is 0 Å². The third kappa shape index (κ3) is 4.54. The Morgan fingerprint density at radius 3 is 2.72 bits per heavy atom. The van der Waals surface area contributed by atoms with Crippen LogP contribution in [-0.2, 0) is 16.1 Å². The first-order valence-electron chi connectivity index (χ1n) is 7.76. The molecule has 0 radical (unpaired) electrons. The second kappa shape index (κ2) is 8.52. The molecule has 2 aromatic carbocycles. The van der Waals surface area contributed by atoms with Crippen LogP contribution in [-0.4, -0.2) is 26.3 Å². The van der Waals surface area contributed by atoms with Gasteiger partial charge in [-0.3, -0.25) is 0 Å². The first kappa shape index (κ1) is 18.7. The summed E-state index contributed by atoms with van der Waals surface area (Å²) in [6.07, 6.45) is 1.94. The van der Waals surface area contributed by atoms with Crippen molar-refractivity contribution < 1.29 is 14.2 Å². The Kier molecular flexibility index (Phi) is 6.36. The van der Waals surface area contributed by atoms with Gasteiger partial charge in [0.15, 0.2) is 6.29 Å². The SMILES string of the molecule is COc1cc(/C(S)=C(/SC)c2ccccc2Cl)ccc1COC1CO1. The molecule has 2 aromatic rings. The molecule has 1 aliphatic heterocycles. The highest BCUT2D eigenvalue weighted by Crippen LogP contribution is 2.40. The van der Waals surface area contributed by atoms with Gasteiger partial charge in [-0.05, 0) is 24.0 Å². The number of benzene rings is 2. The van der Waals surface area contributed by atoms with Gasteiger partial charge >= 0.3 is 0 Å². The lowest BCUT2D eigenvalue weighted by Crippen LogP contribution is -1.99. The molecular weight excluding hydrogens is 376 g/mol. The molecule has 1 aliphatic rings. The molecule has 6 heteroatoms. The maximum atomic E-state index is 6.36. The summed E-state index contributed by atoms with van der Waals surface area (Å²) in [7, 11) is 1.65. The van der Waals surface area contributed by atoms with Gasteiger partial charge in [0.2, 0.25) is 0 Å². The summed E-state index contributed by atoms with van der Waals surface area (Å²) in [5, 5.41) is 0.708. The van der Waals surface area contributed by atoms with E-state index in [0.717, 1.165) is 32.3 Å². The van der Waals surface area contributed by atoms with Crippen molar-refractivity contribution in [2.75, 3.05) is 20.0 Å². The van der Waals surface area contributed by atoms with Crippen LogP contribution in [0.5, 0.6) is 5.75 Å². The fourth-order valence-electron chi connectivity index (χ4n) is 2.44. The maximum absolute atomic E-state index is 6.36. The molecule has 1 unspecified atom stereocenters. The van der Waals surface area contributed by atoms with Crippen molar-refractivity contribution >= 4 is 45.8 Å². The van der Waals surface area contributed by atoms with E-state index in [1.54, 1.807) is 18.9 Å². The molecule has 1 fully saturated rings. The zero-order valence-corrected chi connectivity index (χ0v) is 16.5. The summed E-state index contributed by atoms with van der Waals surface area (Å²) >= 11 is 12.7. The van der Waals surface area contributed by atoms with Crippen LogP contribution < -0.4 is 4.74 Å². The number of rotatable bonds is 7. The number of halogens is 1. The summed E-state index contributed by atoms with van der Waals surface area (Å²) in [5.74, 6) is 0.768. The van der Waals surface area contributed by atoms with Crippen molar-refractivity contribution in [2.45, 2.75) is 12.9 Å². The van der Waals surface area contributed by atoms with E-state index in [1.807, 2.05) is 48.7 Å². The number of methoxy groups -OCH3 is 1. The second-order valence-electron chi connectivity index (χ2n) is 5.46.